The highest BCUT2D eigenvalue weighted by molar-refractivity contribution is 5.87. The van der Waals surface area contributed by atoms with Crippen molar-refractivity contribution in [3.8, 4) is 17.2 Å². The van der Waals surface area contributed by atoms with Crippen LogP contribution >= 0.6 is 0 Å². The molecule has 0 aliphatic rings. The molecule has 0 saturated carbocycles. The van der Waals surface area contributed by atoms with Gasteiger partial charge in [0.2, 0.25) is 0 Å². The summed E-state index contributed by atoms with van der Waals surface area (Å²) >= 11 is 0. The van der Waals surface area contributed by atoms with Crippen molar-refractivity contribution in [3.05, 3.63) is 65.7 Å². The van der Waals surface area contributed by atoms with Gasteiger partial charge in [-0.2, -0.15) is 5.26 Å². The maximum absolute atomic E-state index is 11.8. The summed E-state index contributed by atoms with van der Waals surface area (Å²) < 4.78 is 10.2. The highest BCUT2D eigenvalue weighted by Gasteiger charge is 2.26. The lowest BCUT2D eigenvalue weighted by Gasteiger charge is -2.20. The van der Waals surface area contributed by atoms with E-state index in [9.17, 15) is 9.59 Å². The fourth-order valence-electron chi connectivity index (χ4n) is 2.35. The van der Waals surface area contributed by atoms with Gasteiger partial charge in [-0.3, -0.25) is 4.79 Å². The quantitative estimate of drug-likeness (QED) is 0.368. The summed E-state index contributed by atoms with van der Waals surface area (Å²) in [6.45, 7) is 5.61. The molecule has 2 aromatic carbocycles. The molecule has 150 valence electrons. The van der Waals surface area contributed by atoms with Crippen molar-refractivity contribution in [2.75, 3.05) is 13.2 Å². The number of carbonyl (C=O) groups excluding carboxylic acids is 2. The van der Waals surface area contributed by atoms with Gasteiger partial charge in [0, 0.05) is 6.08 Å². The van der Waals surface area contributed by atoms with Gasteiger partial charge in [-0.15, -0.1) is 0 Å². The summed E-state index contributed by atoms with van der Waals surface area (Å²) in [5.74, 6) is -0.791. The van der Waals surface area contributed by atoms with Crippen LogP contribution in [0.15, 0.2) is 54.6 Å². The average molecular weight is 391 g/mol. The van der Waals surface area contributed by atoms with Crippen molar-refractivity contribution >= 4 is 18.0 Å². The number of nitrogens with zero attached hydrogens (tertiary/aromatic N) is 1. The van der Waals surface area contributed by atoms with Crippen LogP contribution in [0.3, 0.4) is 0 Å². The van der Waals surface area contributed by atoms with Crippen LogP contribution in [0.2, 0.25) is 0 Å². The van der Waals surface area contributed by atoms with Crippen molar-refractivity contribution in [1.29, 1.82) is 5.26 Å². The second-order valence-electron chi connectivity index (χ2n) is 7.19. The Morgan fingerprint density at radius 2 is 1.52 bits per heavy atom. The molecule has 5 heteroatoms. The first-order valence-electron chi connectivity index (χ1n) is 9.48. The lowest BCUT2D eigenvalue weighted by Crippen LogP contribution is -2.27. The third-order valence-electron chi connectivity index (χ3n) is 4.67. The summed E-state index contributed by atoms with van der Waals surface area (Å²) in [7, 11) is 0. The van der Waals surface area contributed by atoms with E-state index in [1.54, 1.807) is 18.2 Å². The van der Waals surface area contributed by atoms with Crippen LogP contribution < -0.4 is 0 Å². The standard InChI is InChI=1S/C24H25NO4/c1-4-24(2,3)23(27)29-16-15-28-22(26)14-9-18-5-10-20(11-6-18)21-12-7-19(17-25)8-13-21/h5-14H,4,15-16H2,1-3H3/b14-9+. The van der Waals surface area contributed by atoms with Gasteiger partial charge in [-0.25, -0.2) is 4.79 Å². The predicted octanol–water partition coefficient (Wildman–Crippen LogP) is 4.76. The van der Waals surface area contributed by atoms with Crippen molar-refractivity contribution < 1.29 is 19.1 Å². The SMILES string of the molecule is CCC(C)(C)C(=O)OCCOC(=O)/C=C/c1ccc(-c2ccc(C#N)cc2)cc1. The van der Waals surface area contributed by atoms with Crippen LogP contribution in [0.5, 0.6) is 0 Å². The second kappa shape index (κ2) is 10.2. The van der Waals surface area contributed by atoms with Crippen LogP contribution in [0.1, 0.15) is 38.3 Å². The number of ether oxygens (including phenoxy) is 2. The largest absolute Gasteiger partial charge is 0.462 e. The van der Waals surface area contributed by atoms with Crippen LogP contribution in [-0.2, 0) is 19.1 Å². The number of nitriles is 1. The molecule has 5 nitrogen and oxygen atoms in total. The minimum atomic E-state index is -0.534. The Morgan fingerprint density at radius 3 is 2.07 bits per heavy atom. The molecule has 0 spiro atoms. The molecule has 2 rings (SSSR count). The van der Waals surface area contributed by atoms with Gasteiger partial charge in [0.05, 0.1) is 17.0 Å². The van der Waals surface area contributed by atoms with E-state index in [2.05, 4.69) is 6.07 Å². The molecule has 0 aliphatic carbocycles. The predicted molar refractivity (Wildman–Crippen MR) is 112 cm³/mol. The lowest BCUT2D eigenvalue weighted by atomic mass is 9.91. The van der Waals surface area contributed by atoms with E-state index >= 15 is 0 Å². The minimum Gasteiger partial charge on any atom is -0.462 e. The average Bonchev–Trinajstić information content (AvgIpc) is 2.75. The molecular weight excluding hydrogens is 366 g/mol. The number of hydrogen-bond acceptors (Lipinski definition) is 5. The van der Waals surface area contributed by atoms with Crippen LogP contribution in [0, 0.1) is 16.7 Å². The first kappa shape index (κ1) is 21.9. The maximum Gasteiger partial charge on any atom is 0.330 e. The Bertz CT molecular complexity index is 903. The third kappa shape index (κ3) is 6.62. The first-order chi connectivity index (χ1) is 13.9. The molecule has 2 aromatic rings. The zero-order chi connectivity index (χ0) is 21.3. The van der Waals surface area contributed by atoms with Crippen molar-refractivity contribution in [2.45, 2.75) is 27.2 Å². The smallest absolute Gasteiger partial charge is 0.330 e. The number of esters is 2. The number of carbonyl (C=O) groups is 2. The maximum atomic E-state index is 11.8. The molecule has 0 aliphatic heterocycles. The molecule has 0 unspecified atom stereocenters. The van der Waals surface area contributed by atoms with Crippen molar-refractivity contribution in [2.24, 2.45) is 5.41 Å². The van der Waals surface area contributed by atoms with Crippen LogP contribution in [0.4, 0.5) is 0 Å². The van der Waals surface area contributed by atoms with Gasteiger partial charge in [0.15, 0.2) is 0 Å². The van der Waals surface area contributed by atoms with Crippen LogP contribution in [-0.4, -0.2) is 25.2 Å². The monoisotopic (exact) mass is 391 g/mol. The Balaban J connectivity index is 1.81. The molecule has 0 aromatic heterocycles. The second-order valence-corrected chi connectivity index (χ2v) is 7.19. The van der Waals surface area contributed by atoms with Gasteiger partial charge in [0.25, 0.3) is 0 Å². The molecule has 0 amide bonds. The summed E-state index contributed by atoms with van der Waals surface area (Å²) in [4.78, 5) is 23.6. The summed E-state index contributed by atoms with van der Waals surface area (Å²) in [5, 5.41) is 8.86. The van der Waals surface area contributed by atoms with E-state index in [1.807, 2.05) is 57.2 Å². The molecular formula is C24H25NO4. The van der Waals surface area contributed by atoms with E-state index in [0.29, 0.717) is 12.0 Å². The first-order valence-corrected chi connectivity index (χ1v) is 9.48. The fourth-order valence-corrected chi connectivity index (χ4v) is 2.35. The summed E-state index contributed by atoms with van der Waals surface area (Å²) in [6, 6.07) is 17.1. The number of rotatable bonds is 8. The molecule has 0 fully saturated rings. The normalized spacial score (nSPS) is 11.1. The molecule has 29 heavy (non-hydrogen) atoms. The van der Waals surface area contributed by atoms with Gasteiger partial charge in [-0.1, -0.05) is 43.3 Å². The zero-order valence-electron chi connectivity index (χ0n) is 17.0. The van der Waals surface area contributed by atoms with Gasteiger partial charge in [0.1, 0.15) is 13.2 Å². The summed E-state index contributed by atoms with van der Waals surface area (Å²) in [5.41, 5.74) is 2.98. The van der Waals surface area contributed by atoms with E-state index in [0.717, 1.165) is 16.7 Å². The minimum absolute atomic E-state index is 0.0202. The van der Waals surface area contributed by atoms with E-state index < -0.39 is 11.4 Å². The molecule has 0 atom stereocenters. The van der Waals surface area contributed by atoms with Gasteiger partial charge in [-0.05, 0) is 55.2 Å². The summed E-state index contributed by atoms with van der Waals surface area (Å²) in [6.07, 6.45) is 3.68. The highest BCUT2D eigenvalue weighted by atomic mass is 16.6. The number of benzene rings is 2. The molecule has 0 N–H and O–H groups in total. The zero-order valence-corrected chi connectivity index (χ0v) is 17.0. The molecule has 0 saturated heterocycles. The molecule has 0 bridgehead atoms. The topological polar surface area (TPSA) is 76.4 Å². The molecule has 0 heterocycles. The molecule has 0 radical (unpaired) electrons. The van der Waals surface area contributed by atoms with Crippen LogP contribution in [0.25, 0.3) is 17.2 Å². The highest BCUT2D eigenvalue weighted by Crippen LogP contribution is 2.22. The Morgan fingerprint density at radius 1 is 0.966 bits per heavy atom. The number of hydrogen-bond donors (Lipinski definition) is 0. The Hall–Kier alpha value is -3.39. The van der Waals surface area contributed by atoms with E-state index in [1.165, 1.54) is 6.08 Å². The van der Waals surface area contributed by atoms with Gasteiger partial charge >= 0.3 is 11.9 Å². The van der Waals surface area contributed by atoms with Gasteiger partial charge < -0.3 is 9.47 Å². The Labute approximate surface area is 171 Å². The lowest BCUT2D eigenvalue weighted by molar-refractivity contribution is -0.157. The fraction of sp³-hybridized carbons (Fsp3) is 0.292. The Kier molecular flexibility index (Phi) is 7.73. The van der Waals surface area contributed by atoms with Crippen molar-refractivity contribution in [1.82, 2.24) is 0 Å². The van der Waals surface area contributed by atoms with E-state index in [-0.39, 0.29) is 19.2 Å². The van der Waals surface area contributed by atoms with E-state index in [4.69, 9.17) is 14.7 Å². The van der Waals surface area contributed by atoms with Crippen molar-refractivity contribution in [3.63, 3.8) is 0 Å². The third-order valence-corrected chi connectivity index (χ3v) is 4.67.